The summed E-state index contributed by atoms with van der Waals surface area (Å²) in [6.07, 6.45) is 4.08. The highest BCUT2D eigenvalue weighted by Crippen LogP contribution is 2.27. The van der Waals surface area contributed by atoms with Crippen molar-refractivity contribution in [3.05, 3.63) is 0 Å². The first kappa shape index (κ1) is 16.4. The van der Waals surface area contributed by atoms with Crippen LogP contribution in [0.25, 0.3) is 0 Å². The SMILES string of the molecule is CCCC(C)(CN1CCC(CN(C)C)CC1)C(=O)O. The zero-order chi connectivity index (χ0) is 14.5. The lowest BCUT2D eigenvalue weighted by molar-refractivity contribution is -0.149. The smallest absolute Gasteiger partial charge is 0.310 e. The predicted octanol–water partition coefficient (Wildman–Crippen LogP) is 2.15. The first-order valence-electron chi connectivity index (χ1n) is 7.48. The van der Waals surface area contributed by atoms with Gasteiger partial charge >= 0.3 is 5.97 Å². The third-order valence-electron chi connectivity index (χ3n) is 4.22. The second-order valence-corrected chi connectivity index (χ2v) is 6.60. The molecule has 1 unspecified atom stereocenters. The van der Waals surface area contributed by atoms with Gasteiger partial charge in [0.05, 0.1) is 5.41 Å². The van der Waals surface area contributed by atoms with Crippen molar-refractivity contribution < 1.29 is 9.90 Å². The molecule has 4 heteroatoms. The van der Waals surface area contributed by atoms with Crippen LogP contribution < -0.4 is 0 Å². The molecule has 1 aliphatic heterocycles. The fraction of sp³-hybridized carbons (Fsp3) is 0.933. The molecule has 1 saturated heterocycles. The van der Waals surface area contributed by atoms with Gasteiger partial charge in [0, 0.05) is 13.1 Å². The molecule has 1 atom stereocenters. The van der Waals surface area contributed by atoms with Crippen molar-refractivity contribution in [2.75, 3.05) is 40.3 Å². The second-order valence-electron chi connectivity index (χ2n) is 6.60. The van der Waals surface area contributed by atoms with E-state index in [2.05, 4.69) is 30.8 Å². The summed E-state index contributed by atoms with van der Waals surface area (Å²) in [7, 11) is 4.24. The Labute approximate surface area is 117 Å². The van der Waals surface area contributed by atoms with Gasteiger partial charge in [0.1, 0.15) is 0 Å². The number of nitrogens with zero attached hydrogens (tertiary/aromatic N) is 2. The first-order chi connectivity index (χ1) is 8.87. The van der Waals surface area contributed by atoms with Crippen LogP contribution in [0, 0.1) is 11.3 Å². The Hall–Kier alpha value is -0.610. The average Bonchev–Trinajstić information content (AvgIpc) is 2.31. The molecule has 1 fully saturated rings. The standard InChI is InChI=1S/C15H30N2O2/c1-5-8-15(2,14(18)19)12-17-9-6-13(7-10-17)11-16(3)4/h13H,5-12H2,1-4H3,(H,18,19). The molecule has 112 valence electrons. The maximum absolute atomic E-state index is 11.5. The Morgan fingerprint density at radius 2 is 1.95 bits per heavy atom. The maximum Gasteiger partial charge on any atom is 0.310 e. The molecule has 0 saturated carbocycles. The van der Waals surface area contributed by atoms with Crippen LogP contribution in [0.4, 0.5) is 0 Å². The van der Waals surface area contributed by atoms with Crippen molar-refractivity contribution >= 4 is 5.97 Å². The van der Waals surface area contributed by atoms with E-state index < -0.39 is 11.4 Å². The summed E-state index contributed by atoms with van der Waals surface area (Å²) in [5.74, 6) is 0.123. The third-order valence-corrected chi connectivity index (χ3v) is 4.22. The monoisotopic (exact) mass is 270 g/mol. The number of rotatable bonds is 7. The highest BCUT2D eigenvalue weighted by Gasteiger charge is 2.35. The number of hydrogen-bond donors (Lipinski definition) is 1. The van der Waals surface area contributed by atoms with Crippen molar-refractivity contribution in [2.45, 2.75) is 39.5 Å². The van der Waals surface area contributed by atoms with E-state index in [4.69, 9.17) is 0 Å². The molecular weight excluding hydrogens is 240 g/mol. The van der Waals surface area contributed by atoms with E-state index in [-0.39, 0.29) is 0 Å². The van der Waals surface area contributed by atoms with Crippen molar-refractivity contribution in [1.82, 2.24) is 9.80 Å². The Kier molecular flexibility index (Phi) is 6.27. The van der Waals surface area contributed by atoms with Gasteiger partial charge in [0.15, 0.2) is 0 Å². The molecule has 1 N–H and O–H groups in total. The van der Waals surface area contributed by atoms with E-state index in [1.54, 1.807) is 0 Å². The molecule has 1 aliphatic rings. The molecule has 0 aromatic carbocycles. The molecule has 19 heavy (non-hydrogen) atoms. The van der Waals surface area contributed by atoms with E-state index >= 15 is 0 Å². The average molecular weight is 270 g/mol. The number of carbonyl (C=O) groups is 1. The first-order valence-corrected chi connectivity index (χ1v) is 7.48. The van der Waals surface area contributed by atoms with Gasteiger partial charge in [-0.3, -0.25) is 4.79 Å². The predicted molar refractivity (Wildman–Crippen MR) is 78.4 cm³/mol. The maximum atomic E-state index is 11.5. The van der Waals surface area contributed by atoms with Crippen LogP contribution in [0.2, 0.25) is 0 Å². The minimum atomic E-state index is -0.648. The van der Waals surface area contributed by atoms with Crippen molar-refractivity contribution in [3.63, 3.8) is 0 Å². The Bertz CT molecular complexity index is 286. The van der Waals surface area contributed by atoms with Gasteiger partial charge < -0.3 is 14.9 Å². The van der Waals surface area contributed by atoms with E-state index in [1.165, 1.54) is 12.8 Å². The van der Waals surface area contributed by atoms with Gasteiger partial charge in [-0.2, -0.15) is 0 Å². The van der Waals surface area contributed by atoms with Crippen LogP contribution in [-0.4, -0.2) is 61.2 Å². The van der Waals surface area contributed by atoms with Crippen molar-refractivity contribution in [2.24, 2.45) is 11.3 Å². The van der Waals surface area contributed by atoms with Crippen LogP contribution in [0.3, 0.4) is 0 Å². The summed E-state index contributed by atoms with van der Waals surface area (Å²) in [6, 6.07) is 0. The zero-order valence-corrected chi connectivity index (χ0v) is 13.0. The van der Waals surface area contributed by atoms with Gasteiger partial charge in [-0.05, 0) is 59.3 Å². The molecule has 0 radical (unpaired) electrons. The van der Waals surface area contributed by atoms with Gasteiger partial charge in [-0.15, -0.1) is 0 Å². The summed E-state index contributed by atoms with van der Waals surface area (Å²) < 4.78 is 0. The summed E-state index contributed by atoms with van der Waals surface area (Å²) in [5.41, 5.74) is -0.580. The summed E-state index contributed by atoms with van der Waals surface area (Å²) in [5, 5.41) is 9.43. The van der Waals surface area contributed by atoms with Crippen LogP contribution >= 0.6 is 0 Å². The summed E-state index contributed by atoms with van der Waals surface area (Å²) in [6.45, 7) is 7.90. The van der Waals surface area contributed by atoms with Crippen molar-refractivity contribution in [1.29, 1.82) is 0 Å². The van der Waals surface area contributed by atoms with E-state index in [9.17, 15) is 9.90 Å². The number of carboxylic acid groups (broad SMARTS) is 1. The Morgan fingerprint density at radius 3 is 2.37 bits per heavy atom. The lowest BCUT2D eigenvalue weighted by atomic mass is 9.84. The lowest BCUT2D eigenvalue weighted by Crippen LogP contribution is -2.45. The number of aliphatic carboxylic acids is 1. The molecule has 0 aliphatic carbocycles. The summed E-state index contributed by atoms with van der Waals surface area (Å²) in [4.78, 5) is 16.1. The highest BCUT2D eigenvalue weighted by atomic mass is 16.4. The van der Waals surface area contributed by atoms with Gasteiger partial charge in [-0.1, -0.05) is 13.3 Å². The van der Waals surface area contributed by atoms with Crippen LogP contribution in [0.15, 0.2) is 0 Å². The van der Waals surface area contributed by atoms with Crippen LogP contribution in [-0.2, 0) is 4.79 Å². The molecule has 0 amide bonds. The number of hydrogen-bond acceptors (Lipinski definition) is 3. The summed E-state index contributed by atoms with van der Waals surface area (Å²) >= 11 is 0. The molecule has 0 aromatic rings. The van der Waals surface area contributed by atoms with Crippen LogP contribution in [0.5, 0.6) is 0 Å². The second kappa shape index (κ2) is 7.25. The molecule has 0 spiro atoms. The largest absolute Gasteiger partial charge is 0.481 e. The minimum Gasteiger partial charge on any atom is -0.481 e. The Morgan fingerprint density at radius 1 is 1.37 bits per heavy atom. The van der Waals surface area contributed by atoms with Crippen molar-refractivity contribution in [3.8, 4) is 0 Å². The highest BCUT2D eigenvalue weighted by molar-refractivity contribution is 5.74. The molecule has 1 rings (SSSR count). The minimum absolute atomic E-state index is 0.580. The molecule has 0 bridgehead atoms. The van der Waals surface area contributed by atoms with E-state index in [0.717, 1.165) is 38.4 Å². The fourth-order valence-corrected chi connectivity index (χ4v) is 3.14. The Balaban J connectivity index is 2.45. The zero-order valence-electron chi connectivity index (χ0n) is 13.0. The fourth-order valence-electron chi connectivity index (χ4n) is 3.14. The van der Waals surface area contributed by atoms with Gasteiger partial charge in [-0.25, -0.2) is 0 Å². The van der Waals surface area contributed by atoms with Gasteiger partial charge in [0.25, 0.3) is 0 Å². The van der Waals surface area contributed by atoms with Crippen LogP contribution in [0.1, 0.15) is 39.5 Å². The van der Waals surface area contributed by atoms with E-state index in [0.29, 0.717) is 6.54 Å². The number of piperidine rings is 1. The lowest BCUT2D eigenvalue weighted by Gasteiger charge is -2.37. The normalized spacial score (nSPS) is 21.5. The quantitative estimate of drug-likeness (QED) is 0.770. The van der Waals surface area contributed by atoms with Gasteiger partial charge in [0.2, 0.25) is 0 Å². The molecular formula is C15H30N2O2. The topological polar surface area (TPSA) is 43.8 Å². The number of likely N-dealkylation sites (tertiary alicyclic amines) is 1. The molecule has 0 aromatic heterocycles. The van der Waals surface area contributed by atoms with E-state index in [1.807, 2.05) is 6.92 Å². The molecule has 4 nitrogen and oxygen atoms in total. The third kappa shape index (κ3) is 5.11. The number of carboxylic acids is 1. The molecule has 1 heterocycles.